The maximum absolute atomic E-state index is 10.8. The average Bonchev–Trinajstić information content (AvgIpc) is 2.04. The third kappa shape index (κ3) is 1.98. The van der Waals surface area contributed by atoms with Crippen molar-refractivity contribution in [3.63, 3.8) is 0 Å². The number of carbonyl (C=O) groups is 2. The molecule has 0 heterocycles. The average molecular weight is 186 g/mol. The Hall–Kier alpha value is -1.10. The molecule has 1 rings (SSSR count). The molecule has 5 nitrogen and oxygen atoms in total. The zero-order valence-corrected chi connectivity index (χ0v) is 7.32. The normalized spacial score (nSPS) is 34.1. The van der Waals surface area contributed by atoms with Gasteiger partial charge in [-0.2, -0.15) is 0 Å². The number of carbonyl (C=O) groups excluding carboxylic acids is 1. The van der Waals surface area contributed by atoms with Crippen LogP contribution in [-0.4, -0.2) is 22.5 Å². The van der Waals surface area contributed by atoms with Gasteiger partial charge in [0.1, 0.15) is 5.54 Å². The standard InChI is InChI=1S/C8H14N2O3/c9-6(11)5-2-1-3-8(10,4-5)7(12)13/h5H,1-4,10H2,(H2,9,11)(H,12,13). The molecule has 1 amide bonds. The maximum Gasteiger partial charge on any atom is 0.323 e. The van der Waals surface area contributed by atoms with Crippen molar-refractivity contribution in [3.8, 4) is 0 Å². The lowest BCUT2D eigenvalue weighted by molar-refractivity contribution is -0.145. The molecule has 0 radical (unpaired) electrons. The lowest BCUT2D eigenvalue weighted by Gasteiger charge is -2.32. The van der Waals surface area contributed by atoms with E-state index in [0.717, 1.165) is 0 Å². The van der Waals surface area contributed by atoms with Gasteiger partial charge in [-0.05, 0) is 19.3 Å². The summed E-state index contributed by atoms with van der Waals surface area (Å²) in [6.45, 7) is 0. The highest BCUT2D eigenvalue weighted by atomic mass is 16.4. The minimum atomic E-state index is -1.25. The van der Waals surface area contributed by atoms with Crippen LogP contribution in [0.25, 0.3) is 0 Å². The molecule has 0 spiro atoms. The molecule has 0 saturated heterocycles. The number of nitrogens with two attached hydrogens (primary N) is 2. The Labute approximate surface area is 76.1 Å². The van der Waals surface area contributed by atoms with Gasteiger partial charge in [-0.15, -0.1) is 0 Å². The fraction of sp³-hybridized carbons (Fsp3) is 0.750. The molecular formula is C8H14N2O3. The largest absolute Gasteiger partial charge is 0.480 e. The van der Waals surface area contributed by atoms with Crippen LogP contribution in [0.4, 0.5) is 0 Å². The minimum Gasteiger partial charge on any atom is -0.480 e. The van der Waals surface area contributed by atoms with Gasteiger partial charge in [0.05, 0.1) is 0 Å². The second-order valence-electron chi connectivity index (χ2n) is 3.66. The number of rotatable bonds is 2. The molecule has 0 aliphatic heterocycles. The zero-order chi connectivity index (χ0) is 10.1. The van der Waals surface area contributed by atoms with Crippen molar-refractivity contribution in [2.45, 2.75) is 31.2 Å². The van der Waals surface area contributed by atoms with E-state index in [0.29, 0.717) is 19.3 Å². The highest BCUT2D eigenvalue weighted by molar-refractivity contribution is 5.82. The third-order valence-electron chi connectivity index (χ3n) is 2.61. The van der Waals surface area contributed by atoms with Crippen LogP contribution in [0, 0.1) is 5.92 Å². The van der Waals surface area contributed by atoms with E-state index >= 15 is 0 Å². The first-order valence-electron chi connectivity index (χ1n) is 4.27. The summed E-state index contributed by atoms with van der Waals surface area (Å²) >= 11 is 0. The van der Waals surface area contributed by atoms with E-state index in [9.17, 15) is 9.59 Å². The number of primary amides is 1. The summed E-state index contributed by atoms with van der Waals surface area (Å²) in [5.41, 5.74) is 9.47. The Balaban J connectivity index is 2.71. The third-order valence-corrected chi connectivity index (χ3v) is 2.61. The van der Waals surface area contributed by atoms with Gasteiger partial charge in [-0.3, -0.25) is 9.59 Å². The van der Waals surface area contributed by atoms with Crippen LogP contribution in [0.2, 0.25) is 0 Å². The summed E-state index contributed by atoms with van der Waals surface area (Å²) in [4.78, 5) is 21.6. The fourth-order valence-electron chi connectivity index (χ4n) is 1.74. The number of hydrogen-bond acceptors (Lipinski definition) is 3. The lowest BCUT2D eigenvalue weighted by Crippen LogP contribution is -2.52. The van der Waals surface area contributed by atoms with Crippen LogP contribution in [0.5, 0.6) is 0 Å². The van der Waals surface area contributed by atoms with Gasteiger partial charge < -0.3 is 16.6 Å². The van der Waals surface area contributed by atoms with Gasteiger partial charge >= 0.3 is 5.97 Å². The highest BCUT2D eigenvalue weighted by Gasteiger charge is 2.40. The molecule has 13 heavy (non-hydrogen) atoms. The van der Waals surface area contributed by atoms with Crippen molar-refractivity contribution in [2.24, 2.45) is 17.4 Å². The molecule has 2 atom stereocenters. The quantitative estimate of drug-likeness (QED) is 0.537. The van der Waals surface area contributed by atoms with Crippen molar-refractivity contribution in [1.29, 1.82) is 0 Å². The van der Waals surface area contributed by atoms with Crippen molar-refractivity contribution < 1.29 is 14.7 Å². The van der Waals surface area contributed by atoms with Gasteiger partial charge in [-0.25, -0.2) is 0 Å². The Morgan fingerprint density at radius 1 is 1.46 bits per heavy atom. The smallest absolute Gasteiger partial charge is 0.323 e. The Morgan fingerprint density at radius 2 is 2.08 bits per heavy atom. The van der Waals surface area contributed by atoms with E-state index in [-0.39, 0.29) is 12.3 Å². The van der Waals surface area contributed by atoms with Crippen LogP contribution in [-0.2, 0) is 9.59 Å². The molecular weight excluding hydrogens is 172 g/mol. The van der Waals surface area contributed by atoms with Crippen molar-refractivity contribution in [1.82, 2.24) is 0 Å². The van der Waals surface area contributed by atoms with Gasteiger partial charge in [0, 0.05) is 5.92 Å². The van der Waals surface area contributed by atoms with E-state index < -0.39 is 17.4 Å². The van der Waals surface area contributed by atoms with Crippen LogP contribution >= 0.6 is 0 Å². The van der Waals surface area contributed by atoms with Gasteiger partial charge in [0.25, 0.3) is 0 Å². The molecule has 5 heteroatoms. The monoisotopic (exact) mass is 186 g/mol. The molecule has 74 valence electrons. The molecule has 0 aromatic heterocycles. The Morgan fingerprint density at radius 3 is 2.54 bits per heavy atom. The Kier molecular flexibility index (Phi) is 2.56. The lowest BCUT2D eigenvalue weighted by atomic mass is 9.76. The van der Waals surface area contributed by atoms with Crippen LogP contribution in [0.1, 0.15) is 25.7 Å². The van der Waals surface area contributed by atoms with E-state index in [1.165, 1.54) is 0 Å². The minimum absolute atomic E-state index is 0.164. The summed E-state index contributed by atoms with van der Waals surface area (Å²) in [6, 6.07) is 0. The first-order chi connectivity index (χ1) is 5.96. The molecule has 1 saturated carbocycles. The molecule has 2 unspecified atom stereocenters. The number of hydrogen-bond donors (Lipinski definition) is 3. The molecule has 5 N–H and O–H groups in total. The molecule has 0 aromatic rings. The van der Waals surface area contributed by atoms with Gasteiger partial charge in [0.2, 0.25) is 5.91 Å². The second kappa shape index (κ2) is 3.33. The predicted octanol–water partition coefficient (Wildman–Crippen LogP) is -0.556. The van der Waals surface area contributed by atoms with Crippen molar-refractivity contribution >= 4 is 11.9 Å². The highest BCUT2D eigenvalue weighted by Crippen LogP contribution is 2.30. The van der Waals surface area contributed by atoms with Crippen molar-refractivity contribution in [3.05, 3.63) is 0 Å². The van der Waals surface area contributed by atoms with Crippen LogP contribution in [0.15, 0.2) is 0 Å². The number of amides is 1. The first kappa shape index (κ1) is 9.98. The molecule has 0 aromatic carbocycles. The topological polar surface area (TPSA) is 106 Å². The number of aliphatic carboxylic acids is 1. The SMILES string of the molecule is NC(=O)C1CCCC(N)(C(=O)O)C1. The van der Waals surface area contributed by atoms with Gasteiger partial charge in [-0.1, -0.05) is 6.42 Å². The van der Waals surface area contributed by atoms with Crippen molar-refractivity contribution in [2.75, 3.05) is 0 Å². The fourth-order valence-corrected chi connectivity index (χ4v) is 1.74. The maximum atomic E-state index is 10.8. The molecule has 0 bridgehead atoms. The van der Waals surface area contributed by atoms with E-state index in [2.05, 4.69) is 0 Å². The summed E-state index contributed by atoms with van der Waals surface area (Å²) in [5, 5.41) is 8.82. The van der Waals surface area contributed by atoms with E-state index in [4.69, 9.17) is 16.6 Å². The number of carboxylic acids is 1. The Bertz CT molecular complexity index is 242. The summed E-state index contributed by atoms with van der Waals surface area (Å²) in [6.07, 6.45) is 1.89. The molecule has 1 aliphatic carbocycles. The first-order valence-corrected chi connectivity index (χ1v) is 4.27. The predicted molar refractivity (Wildman–Crippen MR) is 45.7 cm³/mol. The van der Waals surface area contributed by atoms with Crippen LogP contribution < -0.4 is 11.5 Å². The number of carboxylic acid groups (broad SMARTS) is 1. The van der Waals surface area contributed by atoms with Gasteiger partial charge in [0.15, 0.2) is 0 Å². The molecule has 1 aliphatic rings. The van der Waals surface area contributed by atoms with Crippen LogP contribution in [0.3, 0.4) is 0 Å². The van der Waals surface area contributed by atoms with E-state index in [1.807, 2.05) is 0 Å². The van der Waals surface area contributed by atoms with E-state index in [1.54, 1.807) is 0 Å². The summed E-state index contributed by atoms with van der Waals surface area (Å²) < 4.78 is 0. The zero-order valence-electron chi connectivity index (χ0n) is 7.32. The molecule has 1 fully saturated rings. The summed E-state index contributed by atoms with van der Waals surface area (Å²) in [5.74, 6) is -1.87. The summed E-state index contributed by atoms with van der Waals surface area (Å²) in [7, 11) is 0. The second-order valence-corrected chi connectivity index (χ2v) is 3.66.